The topological polar surface area (TPSA) is 50.7 Å². The van der Waals surface area contributed by atoms with Gasteiger partial charge in [0.05, 0.1) is 7.11 Å². The highest BCUT2D eigenvalue weighted by molar-refractivity contribution is 9.10. The highest BCUT2D eigenvalue weighted by atomic mass is 79.9. The zero-order chi connectivity index (χ0) is 17.4. The van der Waals surface area contributed by atoms with Crippen LogP contribution in [0.4, 0.5) is 0 Å². The minimum atomic E-state index is 0.184. The maximum atomic E-state index is 8.89. The van der Waals surface area contributed by atoms with Gasteiger partial charge in [-0.3, -0.25) is 0 Å². The van der Waals surface area contributed by atoms with Crippen molar-refractivity contribution in [2.75, 3.05) is 20.3 Å². The quantitative estimate of drug-likeness (QED) is 0.635. The van der Waals surface area contributed by atoms with Gasteiger partial charge in [0.15, 0.2) is 11.5 Å². The monoisotopic (exact) mass is 393 g/mol. The van der Waals surface area contributed by atoms with Crippen molar-refractivity contribution in [3.05, 3.63) is 57.6 Å². The Bertz CT molecular complexity index is 644. The van der Waals surface area contributed by atoms with Gasteiger partial charge in [-0.2, -0.15) is 0 Å². The first-order chi connectivity index (χ1) is 11.7. The maximum absolute atomic E-state index is 8.89. The van der Waals surface area contributed by atoms with Gasteiger partial charge in [-0.05, 0) is 37.6 Å². The smallest absolute Gasteiger partial charge is 0.167 e. The first-order valence-corrected chi connectivity index (χ1v) is 8.80. The van der Waals surface area contributed by atoms with Crippen LogP contribution in [0, 0.1) is 6.92 Å². The summed E-state index contributed by atoms with van der Waals surface area (Å²) in [4.78, 5) is 0. The van der Waals surface area contributed by atoms with Crippen LogP contribution >= 0.6 is 15.9 Å². The molecule has 2 N–H and O–H groups in total. The van der Waals surface area contributed by atoms with Gasteiger partial charge in [-0.1, -0.05) is 45.8 Å². The molecule has 2 aromatic rings. The molecule has 0 fully saturated rings. The summed E-state index contributed by atoms with van der Waals surface area (Å²) in [7, 11) is 1.64. The molecule has 0 unspecified atom stereocenters. The van der Waals surface area contributed by atoms with E-state index in [1.807, 2.05) is 12.1 Å². The summed E-state index contributed by atoms with van der Waals surface area (Å²) in [6, 6.07) is 12.1. The van der Waals surface area contributed by atoms with Crippen molar-refractivity contribution in [3.8, 4) is 11.5 Å². The molecule has 0 amide bonds. The van der Waals surface area contributed by atoms with E-state index in [0.29, 0.717) is 18.9 Å². The van der Waals surface area contributed by atoms with E-state index < -0.39 is 0 Å². The van der Waals surface area contributed by atoms with Crippen LogP contribution in [0.25, 0.3) is 0 Å². The third-order valence-electron chi connectivity index (χ3n) is 3.70. The number of halogens is 1. The molecule has 2 rings (SSSR count). The van der Waals surface area contributed by atoms with Gasteiger partial charge in [0.1, 0.15) is 6.61 Å². The van der Waals surface area contributed by atoms with Crippen molar-refractivity contribution in [1.82, 2.24) is 5.32 Å². The third-order valence-corrected chi connectivity index (χ3v) is 4.45. The van der Waals surface area contributed by atoms with E-state index in [0.717, 1.165) is 34.3 Å². The standard InChI is InChI=1S/C19H24BrNO3/c1-14-4-6-15(7-5-14)13-24-19-16(12-21-10-3-11-22)17(20)8-9-18(19)23-2/h4-9,21-22H,3,10-13H2,1-2H3. The van der Waals surface area contributed by atoms with Gasteiger partial charge in [-0.15, -0.1) is 0 Å². The van der Waals surface area contributed by atoms with Gasteiger partial charge in [-0.25, -0.2) is 0 Å². The lowest BCUT2D eigenvalue weighted by Crippen LogP contribution is -2.17. The van der Waals surface area contributed by atoms with E-state index in [4.69, 9.17) is 14.6 Å². The molecule has 0 radical (unpaired) electrons. The average Bonchev–Trinajstić information content (AvgIpc) is 2.59. The normalized spacial score (nSPS) is 10.7. The number of hydrogen-bond acceptors (Lipinski definition) is 4. The van der Waals surface area contributed by atoms with Crippen LogP contribution in [0.3, 0.4) is 0 Å². The molecular weight excluding hydrogens is 370 g/mol. The second-order valence-electron chi connectivity index (χ2n) is 5.59. The first kappa shape index (κ1) is 18.8. The van der Waals surface area contributed by atoms with Gasteiger partial charge in [0.2, 0.25) is 0 Å². The third kappa shape index (κ3) is 5.23. The first-order valence-electron chi connectivity index (χ1n) is 8.01. The molecule has 0 aliphatic heterocycles. The molecule has 0 aliphatic carbocycles. The Morgan fingerprint density at radius 2 is 1.88 bits per heavy atom. The van der Waals surface area contributed by atoms with E-state index in [2.05, 4.69) is 52.4 Å². The number of methoxy groups -OCH3 is 1. The predicted molar refractivity (Wildman–Crippen MR) is 99.6 cm³/mol. The molecule has 2 aromatic carbocycles. The lowest BCUT2D eigenvalue weighted by Gasteiger charge is -2.17. The van der Waals surface area contributed by atoms with Crippen LogP contribution < -0.4 is 14.8 Å². The summed E-state index contributed by atoms with van der Waals surface area (Å²) in [5, 5.41) is 12.2. The van der Waals surface area contributed by atoms with Crippen LogP contribution in [-0.4, -0.2) is 25.4 Å². The second kappa shape index (κ2) is 9.67. The fourth-order valence-corrected chi connectivity index (χ4v) is 2.78. The lowest BCUT2D eigenvalue weighted by atomic mass is 10.1. The molecule has 0 aromatic heterocycles. The highest BCUT2D eigenvalue weighted by Gasteiger charge is 2.14. The van der Waals surface area contributed by atoms with Crippen molar-refractivity contribution < 1.29 is 14.6 Å². The molecule has 0 saturated heterocycles. The summed E-state index contributed by atoms with van der Waals surface area (Å²) in [5.74, 6) is 1.45. The van der Waals surface area contributed by atoms with E-state index in [1.54, 1.807) is 7.11 Å². The Labute approximate surface area is 151 Å². The summed E-state index contributed by atoms with van der Waals surface area (Å²) in [5.41, 5.74) is 3.36. The molecule has 24 heavy (non-hydrogen) atoms. The molecule has 0 atom stereocenters. The zero-order valence-corrected chi connectivity index (χ0v) is 15.7. The van der Waals surface area contributed by atoms with Crippen molar-refractivity contribution in [2.45, 2.75) is 26.5 Å². The second-order valence-corrected chi connectivity index (χ2v) is 6.44. The number of aryl methyl sites for hydroxylation is 1. The molecule has 0 bridgehead atoms. The zero-order valence-electron chi connectivity index (χ0n) is 14.1. The summed E-state index contributed by atoms with van der Waals surface area (Å²) in [6.07, 6.45) is 0.723. The molecule has 0 spiro atoms. The van der Waals surface area contributed by atoms with E-state index in [-0.39, 0.29) is 6.61 Å². The summed E-state index contributed by atoms with van der Waals surface area (Å²) in [6.45, 7) is 4.12. The fraction of sp³-hybridized carbons (Fsp3) is 0.368. The summed E-state index contributed by atoms with van der Waals surface area (Å²) < 4.78 is 12.5. The lowest BCUT2D eigenvalue weighted by molar-refractivity contribution is 0.278. The number of aliphatic hydroxyl groups excluding tert-OH is 1. The van der Waals surface area contributed by atoms with Crippen LogP contribution in [-0.2, 0) is 13.2 Å². The van der Waals surface area contributed by atoms with Crippen molar-refractivity contribution in [3.63, 3.8) is 0 Å². The number of hydrogen-bond donors (Lipinski definition) is 2. The van der Waals surface area contributed by atoms with Gasteiger partial charge in [0, 0.05) is 23.2 Å². The highest BCUT2D eigenvalue weighted by Crippen LogP contribution is 2.36. The molecule has 0 aliphatic rings. The van der Waals surface area contributed by atoms with Crippen LogP contribution in [0.15, 0.2) is 40.9 Å². The van der Waals surface area contributed by atoms with Crippen LogP contribution in [0.5, 0.6) is 11.5 Å². The SMILES string of the molecule is COc1ccc(Br)c(CNCCCO)c1OCc1ccc(C)cc1. The Kier molecular flexibility index (Phi) is 7.56. The van der Waals surface area contributed by atoms with Gasteiger partial charge >= 0.3 is 0 Å². The maximum Gasteiger partial charge on any atom is 0.167 e. The minimum absolute atomic E-state index is 0.184. The Morgan fingerprint density at radius 3 is 2.54 bits per heavy atom. The van der Waals surface area contributed by atoms with Crippen LogP contribution in [0.1, 0.15) is 23.1 Å². The Morgan fingerprint density at radius 1 is 1.12 bits per heavy atom. The van der Waals surface area contributed by atoms with E-state index in [1.165, 1.54) is 5.56 Å². The summed E-state index contributed by atoms with van der Waals surface area (Å²) >= 11 is 3.59. The number of ether oxygens (including phenoxy) is 2. The molecule has 4 nitrogen and oxygen atoms in total. The van der Waals surface area contributed by atoms with E-state index in [9.17, 15) is 0 Å². The van der Waals surface area contributed by atoms with Gasteiger partial charge in [0.25, 0.3) is 0 Å². The molecule has 5 heteroatoms. The number of aliphatic hydroxyl groups is 1. The number of rotatable bonds is 9. The molecular formula is C19H24BrNO3. The molecule has 130 valence electrons. The van der Waals surface area contributed by atoms with Crippen molar-refractivity contribution in [2.24, 2.45) is 0 Å². The van der Waals surface area contributed by atoms with Crippen LogP contribution in [0.2, 0.25) is 0 Å². The number of benzene rings is 2. The van der Waals surface area contributed by atoms with Gasteiger partial charge < -0.3 is 19.9 Å². The number of nitrogens with one attached hydrogen (secondary N) is 1. The average molecular weight is 394 g/mol. The largest absolute Gasteiger partial charge is 0.493 e. The minimum Gasteiger partial charge on any atom is -0.493 e. The predicted octanol–water partition coefficient (Wildman–Crippen LogP) is 3.82. The van der Waals surface area contributed by atoms with Crippen molar-refractivity contribution >= 4 is 15.9 Å². The molecule has 0 saturated carbocycles. The molecule has 0 heterocycles. The van der Waals surface area contributed by atoms with Crippen molar-refractivity contribution in [1.29, 1.82) is 0 Å². The fourth-order valence-electron chi connectivity index (χ4n) is 2.32. The Hall–Kier alpha value is -1.56. The Balaban J connectivity index is 2.15. The van der Waals surface area contributed by atoms with E-state index >= 15 is 0 Å².